The molecule has 1 aromatic carbocycles. The summed E-state index contributed by atoms with van der Waals surface area (Å²) in [7, 11) is 0. The number of carbonyl (C=O) groups is 1. The number of alkyl halides is 3. The third-order valence-corrected chi connectivity index (χ3v) is 4.41. The van der Waals surface area contributed by atoms with E-state index in [4.69, 9.17) is 5.84 Å². The number of nitrogen functional groups attached to an aromatic ring is 1. The van der Waals surface area contributed by atoms with Gasteiger partial charge in [-0.2, -0.15) is 13.2 Å². The highest BCUT2D eigenvalue weighted by atomic mass is 32.2. The zero-order valence-electron chi connectivity index (χ0n) is 13.8. The average molecular weight is 373 g/mol. The van der Waals surface area contributed by atoms with Crippen molar-refractivity contribution < 1.29 is 18.0 Å². The van der Waals surface area contributed by atoms with E-state index < -0.39 is 22.9 Å². The summed E-state index contributed by atoms with van der Waals surface area (Å²) >= 11 is 1.02. The average Bonchev–Trinajstić information content (AvgIpc) is 2.88. The number of hydrogen-bond donors (Lipinski definition) is 2. The number of para-hydroxylation sites is 1. The minimum Gasteiger partial charge on any atom is -0.336 e. The van der Waals surface area contributed by atoms with Gasteiger partial charge in [0.1, 0.15) is 0 Å². The molecule has 6 nitrogen and oxygen atoms in total. The second-order valence-electron chi connectivity index (χ2n) is 5.66. The zero-order valence-corrected chi connectivity index (χ0v) is 14.6. The van der Waals surface area contributed by atoms with Crippen LogP contribution in [0.1, 0.15) is 38.1 Å². The summed E-state index contributed by atoms with van der Waals surface area (Å²) in [6, 6.07) is 4.81. The van der Waals surface area contributed by atoms with Crippen molar-refractivity contribution in [3.63, 3.8) is 0 Å². The van der Waals surface area contributed by atoms with Gasteiger partial charge in [-0.1, -0.05) is 37.7 Å². The quantitative estimate of drug-likeness (QED) is 0.621. The number of amides is 1. The lowest BCUT2D eigenvalue weighted by Crippen LogP contribution is -2.25. The van der Waals surface area contributed by atoms with E-state index in [-0.39, 0.29) is 11.6 Å². The molecule has 0 aliphatic heterocycles. The number of halogens is 3. The van der Waals surface area contributed by atoms with Crippen molar-refractivity contribution in [2.75, 3.05) is 11.2 Å². The fourth-order valence-electron chi connectivity index (χ4n) is 2.05. The fraction of sp³-hybridized carbons (Fsp3) is 0.400. The number of nitrogens with two attached hydrogens (primary N) is 1. The molecule has 1 heterocycles. The van der Waals surface area contributed by atoms with Crippen molar-refractivity contribution in [3.05, 3.63) is 35.7 Å². The molecule has 0 fully saturated rings. The van der Waals surface area contributed by atoms with E-state index in [2.05, 4.69) is 15.5 Å². The molecule has 1 amide bonds. The van der Waals surface area contributed by atoms with E-state index in [0.717, 1.165) is 17.8 Å². The first-order valence-electron chi connectivity index (χ1n) is 7.45. The molecular formula is C15H18F3N5OS. The van der Waals surface area contributed by atoms with Crippen molar-refractivity contribution >= 4 is 23.4 Å². The molecule has 2 rings (SSSR count). The first-order valence-corrected chi connectivity index (χ1v) is 8.33. The van der Waals surface area contributed by atoms with Crippen LogP contribution in [0, 0.1) is 0 Å². The Morgan fingerprint density at radius 3 is 2.44 bits per heavy atom. The Labute approximate surface area is 147 Å². The first-order chi connectivity index (χ1) is 11.6. The van der Waals surface area contributed by atoms with Gasteiger partial charge in [-0.25, -0.2) is 4.68 Å². The molecule has 2 aromatic rings. The molecule has 0 saturated carbocycles. The molecular weight excluding hydrogens is 355 g/mol. The van der Waals surface area contributed by atoms with Crippen LogP contribution in [0.15, 0.2) is 29.4 Å². The van der Waals surface area contributed by atoms with Crippen molar-refractivity contribution in [1.82, 2.24) is 14.9 Å². The molecule has 0 aliphatic carbocycles. The Balaban J connectivity index is 2.12. The minimum absolute atomic E-state index is 0.0506. The summed E-state index contributed by atoms with van der Waals surface area (Å²) in [6.07, 6.45) is -4.55. The molecule has 25 heavy (non-hydrogen) atoms. The number of thioether (sulfide) groups is 1. The maximum atomic E-state index is 13.0. The predicted molar refractivity (Wildman–Crippen MR) is 89.7 cm³/mol. The van der Waals surface area contributed by atoms with E-state index >= 15 is 0 Å². The molecule has 0 aliphatic rings. The van der Waals surface area contributed by atoms with Crippen molar-refractivity contribution in [2.24, 2.45) is 0 Å². The van der Waals surface area contributed by atoms with Gasteiger partial charge in [-0.3, -0.25) is 4.79 Å². The zero-order chi connectivity index (χ0) is 18.8. The standard InChI is InChI=1S/C15H18F3N5OS/c1-8(2)12-21-22-14(23(12)19)25-9(3)13(24)20-11-7-5-4-6-10(11)15(16,17)18/h4-9H,19H2,1-3H3,(H,20,24)/t9-/m0/s1. The molecule has 0 saturated heterocycles. The molecule has 136 valence electrons. The lowest BCUT2D eigenvalue weighted by molar-refractivity contribution is -0.137. The smallest absolute Gasteiger partial charge is 0.336 e. The molecule has 0 radical (unpaired) electrons. The van der Waals surface area contributed by atoms with Crippen LogP contribution in [0.5, 0.6) is 0 Å². The highest BCUT2D eigenvalue weighted by molar-refractivity contribution is 8.00. The third kappa shape index (κ3) is 4.44. The van der Waals surface area contributed by atoms with Crippen LogP contribution in [0.4, 0.5) is 18.9 Å². The second kappa shape index (κ2) is 7.34. The van der Waals surface area contributed by atoms with Gasteiger partial charge in [0.2, 0.25) is 11.1 Å². The number of nitrogens with zero attached hydrogens (tertiary/aromatic N) is 3. The van der Waals surface area contributed by atoms with Crippen molar-refractivity contribution in [2.45, 2.75) is 43.3 Å². The molecule has 3 N–H and O–H groups in total. The Hall–Kier alpha value is -2.23. The largest absolute Gasteiger partial charge is 0.418 e. The Morgan fingerprint density at radius 1 is 1.24 bits per heavy atom. The summed E-state index contributed by atoms with van der Waals surface area (Å²) in [5, 5.41) is 9.77. The van der Waals surface area contributed by atoms with E-state index in [1.165, 1.54) is 22.9 Å². The molecule has 0 unspecified atom stereocenters. The summed E-state index contributed by atoms with van der Waals surface area (Å²) < 4.78 is 40.2. The number of nitrogens with one attached hydrogen (secondary N) is 1. The number of anilines is 1. The van der Waals surface area contributed by atoms with Crippen LogP contribution in [0.3, 0.4) is 0 Å². The van der Waals surface area contributed by atoms with Gasteiger partial charge in [-0.05, 0) is 19.1 Å². The lowest BCUT2D eigenvalue weighted by atomic mass is 10.1. The Kier molecular flexibility index (Phi) is 5.61. The summed E-state index contributed by atoms with van der Waals surface area (Å²) in [5.41, 5.74) is -1.19. The number of aromatic nitrogens is 3. The normalized spacial score (nSPS) is 13.1. The SMILES string of the molecule is CC(C)c1nnc(S[C@@H](C)C(=O)Nc2ccccc2C(F)(F)F)n1N. The van der Waals surface area contributed by atoms with E-state index in [0.29, 0.717) is 11.0 Å². The molecule has 1 atom stereocenters. The Bertz CT molecular complexity index is 760. The van der Waals surface area contributed by atoms with Gasteiger partial charge >= 0.3 is 6.18 Å². The monoisotopic (exact) mass is 373 g/mol. The second-order valence-corrected chi connectivity index (χ2v) is 6.97. The van der Waals surface area contributed by atoms with Crippen molar-refractivity contribution in [1.29, 1.82) is 0 Å². The maximum absolute atomic E-state index is 13.0. The Morgan fingerprint density at radius 2 is 1.88 bits per heavy atom. The topological polar surface area (TPSA) is 85.8 Å². The first kappa shape index (κ1) is 19.1. The van der Waals surface area contributed by atoms with E-state index in [1.807, 2.05) is 13.8 Å². The van der Waals surface area contributed by atoms with Crippen LogP contribution in [-0.4, -0.2) is 26.0 Å². The van der Waals surface area contributed by atoms with Crippen LogP contribution in [0.2, 0.25) is 0 Å². The van der Waals surface area contributed by atoms with Gasteiger partial charge in [0.15, 0.2) is 5.82 Å². The van der Waals surface area contributed by atoms with E-state index in [1.54, 1.807) is 6.92 Å². The van der Waals surface area contributed by atoms with Gasteiger partial charge in [0.05, 0.1) is 16.5 Å². The molecule has 10 heteroatoms. The van der Waals surface area contributed by atoms with Gasteiger partial charge in [0, 0.05) is 5.92 Å². The van der Waals surface area contributed by atoms with Gasteiger partial charge in [-0.15, -0.1) is 10.2 Å². The number of rotatable bonds is 5. The summed E-state index contributed by atoms with van der Waals surface area (Å²) in [4.78, 5) is 12.3. The minimum atomic E-state index is -4.55. The summed E-state index contributed by atoms with van der Waals surface area (Å²) in [5.74, 6) is 5.89. The number of hydrogen-bond acceptors (Lipinski definition) is 5. The van der Waals surface area contributed by atoms with E-state index in [9.17, 15) is 18.0 Å². The highest BCUT2D eigenvalue weighted by Gasteiger charge is 2.34. The van der Waals surface area contributed by atoms with Crippen LogP contribution in [-0.2, 0) is 11.0 Å². The fourth-order valence-corrected chi connectivity index (χ4v) is 2.82. The predicted octanol–water partition coefficient (Wildman–Crippen LogP) is 3.25. The summed E-state index contributed by atoms with van der Waals surface area (Å²) in [6.45, 7) is 5.35. The van der Waals surface area contributed by atoms with Crippen LogP contribution in [0.25, 0.3) is 0 Å². The molecule has 0 spiro atoms. The molecule has 0 bridgehead atoms. The number of carbonyl (C=O) groups excluding carboxylic acids is 1. The highest BCUT2D eigenvalue weighted by Crippen LogP contribution is 2.35. The number of benzene rings is 1. The van der Waals surface area contributed by atoms with Crippen LogP contribution >= 0.6 is 11.8 Å². The lowest BCUT2D eigenvalue weighted by Gasteiger charge is -2.16. The van der Waals surface area contributed by atoms with Crippen molar-refractivity contribution in [3.8, 4) is 0 Å². The molecule has 1 aromatic heterocycles. The van der Waals surface area contributed by atoms with Gasteiger partial charge in [0.25, 0.3) is 0 Å². The third-order valence-electron chi connectivity index (χ3n) is 3.35. The maximum Gasteiger partial charge on any atom is 0.418 e. The van der Waals surface area contributed by atoms with Crippen LogP contribution < -0.4 is 11.2 Å². The van der Waals surface area contributed by atoms with Gasteiger partial charge < -0.3 is 11.2 Å².